The Balaban J connectivity index is 1.62. The Labute approximate surface area is 142 Å². The quantitative estimate of drug-likeness (QED) is 0.838. The van der Waals surface area contributed by atoms with Crippen LogP contribution in [0.5, 0.6) is 0 Å². The number of benzene rings is 1. The lowest BCUT2D eigenvalue weighted by molar-refractivity contribution is -0.117. The third-order valence-corrected chi connectivity index (χ3v) is 5.15. The highest BCUT2D eigenvalue weighted by Gasteiger charge is 2.45. The van der Waals surface area contributed by atoms with Gasteiger partial charge < -0.3 is 5.32 Å². The Hall–Kier alpha value is -1.71. The second-order valence-electron chi connectivity index (χ2n) is 5.25. The van der Waals surface area contributed by atoms with Gasteiger partial charge in [-0.2, -0.15) is 0 Å². The largest absolute Gasteiger partial charge is 0.300 e. The molecule has 10 heteroatoms. The van der Waals surface area contributed by atoms with E-state index in [0.717, 1.165) is 29.6 Å². The Kier molecular flexibility index (Phi) is 4.26. The van der Waals surface area contributed by atoms with E-state index in [2.05, 4.69) is 20.2 Å². The van der Waals surface area contributed by atoms with E-state index >= 15 is 0 Å². The highest BCUT2D eigenvalue weighted by atomic mass is 35.5. The summed E-state index contributed by atoms with van der Waals surface area (Å²) in [5.74, 6) is -0.229. The smallest absolute Gasteiger partial charge is 0.231 e. The molecular formula is C13H13ClN4O3S2. The molecule has 23 heavy (non-hydrogen) atoms. The van der Waals surface area contributed by atoms with E-state index < -0.39 is 10.0 Å². The van der Waals surface area contributed by atoms with Crippen LogP contribution in [0.15, 0.2) is 24.3 Å². The predicted molar refractivity (Wildman–Crippen MR) is 89.3 cm³/mol. The van der Waals surface area contributed by atoms with Crippen molar-refractivity contribution in [1.82, 2.24) is 10.2 Å². The minimum atomic E-state index is -3.42. The van der Waals surface area contributed by atoms with E-state index in [1.54, 1.807) is 6.07 Å². The van der Waals surface area contributed by atoms with Gasteiger partial charge in [-0.25, -0.2) is 8.42 Å². The summed E-state index contributed by atoms with van der Waals surface area (Å²) in [5.41, 5.74) is 0.964. The Morgan fingerprint density at radius 2 is 2.00 bits per heavy atom. The summed E-state index contributed by atoms with van der Waals surface area (Å²) < 4.78 is 24.4. The van der Waals surface area contributed by atoms with Crippen LogP contribution in [0.4, 0.5) is 10.3 Å². The zero-order chi connectivity index (χ0) is 16.6. The molecule has 0 spiro atoms. The van der Waals surface area contributed by atoms with Gasteiger partial charge >= 0.3 is 0 Å². The van der Waals surface area contributed by atoms with E-state index in [9.17, 15) is 13.2 Å². The average Bonchev–Trinajstić information content (AvgIpc) is 3.14. The van der Waals surface area contributed by atoms with E-state index in [4.69, 9.17) is 11.6 Å². The highest BCUT2D eigenvalue weighted by Crippen LogP contribution is 2.50. The van der Waals surface area contributed by atoms with Crippen molar-refractivity contribution < 1.29 is 13.2 Å². The van der Waals surface area contributed by atoms with Crippen LogP contribution in [0.1, 0.15) is 17.9 Å². The van der Waals surface area contributed by atoms with Crippen molar-refractivity contribution >= 4 is 49.1 Å². The number of anilines is 2. The van der Waals surface area contributed by atoms with Crippen LogP contribution in [0, 0.1) is 5.92 Å². The lowest BCUT2D eigenvalue weighted by Crippen LogP contribution is -2.14. The monoisotopic (exact) mass is 372 g/mol. The molecule has 1 aromatic carbocycles. The molecule has 1 aliphatic carbocycles. The second kappa shape index (κ2) is 6.06. The Bertz CT molecular complexity index is 852. The molecule has 1 amide bonds. The standard InChI is InChI=1S/C13H13ClN4O3S2/c1-23(20,21)18-13-17-16-12(22-13)15-11(19)9-6-8(9)7-4-2-3-5-10(7)14/h2-5,8-9H,6H2,1H3,(H,17,18)(H,15,16,19). The number of carbonyl (C=O) groups excluding carboxylic acids is 1. The van der Waals surface area contributed by atoms with Gasteiger partial charge in [0.2, 0.25) is 26.2 Å². The van der Waals surface area contributed by atoms with Crippen LogP contribution >= 0.6 is 22.9 Å². The average molecular weight is 373 g/mol. The first-order valence-electron chi connectivity index (χ1n) is 6.70. The van der Waals surface area contributed by atoms with E-state index in [0.29, 0.717) is 5.02 Å². The van der Waals surface area contributed by atoms with Crippen molar-refractivity contribution in [1.29, 1.82) is 0 Å². The maximum absolute atomic E-state index is 12.2. The number of carbonyl (C=O) groups is 1. The molecule has 1 heterocycles. The van der Waals surface area contributed by atoms with Gasteiger partial charge in [-0.05, 0) is 24.0 Å². The SMILES string of the molecule is CS(=O)(=O)Nc1nnc(NC(=O)C2CC2c2ccccc2Cl)s1. The molecule has 2 N–H and O–H groups in total. The van der Waals surface area contributed by atoms with Crippen LogP contribution in [-0.4, -0.2) is 30.8 Å². The molecule has 3 rings (SSSR count). The molecule has 2 atom stereocenters. The molecular weight excluding hydrogens is 360 g/mol. The van der Waals surface area contributed by atoms with Crippen molar-refractivity contribution in [2.24, 2.45) is 5.92 Å². The molecule has 1 aliphatic rings. The number of amides is 1. The molecule has 7 nitrogen and oxygen atoms in total. The summed E-state index contributed by atoms with van der Waals surface area (Å²) in [5, 5.41) is 11.1. The van der Waals surface area contributed by atoms with Crippen molar-refractivity contribution in [2.75, 3.05) is 16.3 Å². The Morgan fingerprint density at radius 1 is 1.30 bits per heavy atom. The van der Waals surface area contributed by atoms with Gasteiger partial charge in [-0.1, -0.05) is 41.1 Å². The third kappa shape index (κ3) is 3.98. The van der Waals surface area contributed by atoms with Crippen molar-refractivity contribution in [3.05, 3.63) is 34.9 Å². The number of nitrogens with zero attached hydrogens (tertiary/aromatic N) is 2. The van der Waals surface area contributed by atoms with Gasteiger partial charge in [0.15, 0.2) is 0 Å². The molecule has 0 saturated heterocycles. The number of aromatic nitrogens is 2. The summed E-state index contributed by atoms with van der Waals surface area (Å²) in [4.78, 5) is 12.2. The van der Waals surface area contributed by atoms with Gasteiger partial charge in [-0.3, -0.25) is 9.52 Å². The maximum Gasteiger partial charge on any atom is 0.231 e. The van der Waals surface area contributed by atoms with Gasteiger partial charge in [0.1, 0.15) is 0 Å². The van der Waals surface area contributed by atoms with Crippen LogP contribution in [0.2, 0.25) is 5.02 Å². The lowest BCUT2D eigenvalue weighted by Gasteiger charge is -2.03. The fourth-order valence-electron chi connectivity index (χ4n) is 2.28. The molecule has 1 saturated carbocycles. The summed E-state index contributed by atoms with van der Waals surface area (Å²) >= 11 is 7.10. The molecule has 2 unspecified atom stereocenters. The number of sulfonamides is 1. The molecule has 1 aromatic heterocycles. The van der Waals surface area contributed by atoms with Crippen molar-refractivity contribution in [3.63, 3.8) is 0 Å². The number of halogens is 1. The fourth-order valence-corrected chi connectivity index (χ4v) is 4.03. The number of rotatable bonds is 5. The van der Waals surface area contributed by atoms with Crippen molar-refractivity contribution in [2.45, 2.75) is 12.3 Å². The van der Waals surface area contributed by atoms with Gasteiger partial charge in [0.25, 0.3) is 0 Å². The first-order valence-corrected chi connectivity index (χ1v) is 9.78. The van der Waals surface area contributed by atoms with Crippen LogP contribution < -0.4 is 10.0 Å². The highest BCUT2D eigenvalue weighted by molar-refractivity contribution is 7.92. The van der Waals surface area contributed by atoms with Crippen LogP contribution in [0.3, 0.4) is 0 Å². The molecule has 2 aromatic rings. The molecule has 0 aliphatic heterocycles. The summed E-state index contributed by atoms with van der Waals surface area (Å²) in [6.07, 6.45) is 1.74. The summed E-state index contributed by atoms with van der Waals surface area (Å²) in [6.45, 7) is 0. The topological polar surface area (TPSA) is 101 Å². The van der Waals surface area contributed by atoms with Crippen molar-refractivity contribution in [3.8, 4) is 0 Å². The molecule has 1 fully saturated rings. The van der Waals surface area contributed by atoms with Gasteiger partial charge in [0, 0.05) is 10.9 Å². The van der Waals surface area contributed by atoms with Crippen LogP contribution in [0.25, 0.3) is 0 Å². The van der Waals surface area contributed by atoms with E-state index in [-0.39, 0.29) is 28.0 Å². The minimum absolute atomic E-state index is 0.102. The van der Waals surface area contributed by atoms with Crippen LogP contribution in [-0.2, 0) is 14.8 Å². The van der Waals surface area contributed by atoms with Gasteiger partial charge in [-0.15, -0.1) is 10.2 Å². The van der Waals surface area contributed by atoms with E-state index in [1.165, 1.54) is 0 Å². The predicted octanol–water partition coefficient (Wildman–Crippen LogP) is 2.31. The van der Waals surface area contributed by atoms with Gasteiger partial charge in [0.05, 0.1) is 6.26 Å². The summed E-state index contributed by atoms with van der Waals surface area (Å²) in [7, 11) is -3.42. The second-order valence-corrected chi connectivity index (χ2v) is 8.38. The molecule has 0 bridgehead atoms. The molecule has 122 valence electrons. The zero-order valence-corrected chi connectivity index (χ0v) is 14.4. The first-order chi connectivity index (χ1) is 10.8. The zero-order valence-electron chi connectivity index (χ0n) is 12.0. The number of nitrogens with one attached hydrogen (secondary N) is 2. The maximum atomic E-state index is 12.2. The van der Waals surface area contributed by atoms with E-state index in [1.807, 2.05) is 18.2 Å². The third-order valence-electron chi connectivity index (χ3n) is 3.36. The normalized spacial score (nSPS) is 20.1. The summed E-state index contributed by atoms with van der Waals surface area (Å²) in [6, 6.07) is 7.46. The lowest BCUT2D eigenvalue weighted by atomic mass is 10.1. The number of hydrogen-bond donors (Lipinski definition) is 2. The Morgan fingerprint density at radius 3 is 2.70 bits per heavy atom. The fraction of sp³-hybridized carbons (Fsp3) is 0.308. The first kappa shape index (κ1) is 16.2. The minimum Gasteiger partial charge on any atom is -0.300 e. The molecule has 0 radical (unpaired) electrons. The number of hydrogen-bond acceptors (Lipinski definition) is 6.